The molecule has 4 unspecified atom stereocenters. The van der Waals surface area contributed by atoms with Gasteiger partial charge < -0.3 is 29.9 Å². The second-order valence-electron chi connectivity index (χ2n) is 4.03. The summed E-state index contributed by atoms with van der Waals surface area (Å²) in [5.41, 5.74) is -1.90. The van der Waals surface area contributed by atoms with Gasteiger partial charge in [0.15, 0.2) is 12.4 Å². The van der Waals surface area contributed by atoms with E-state index < -0.39 is 42.1 Å². The minimum Gasteiger partial charge on any atom is -0.479 e. The fraction of sp³-hybridized carbons (Fsp3) is 0.889. The molecular formula is C9H14O7. The van der Waals surface area contributed by atoms with Gasteiger partial charge in [0.25, 0.3) is 0 Å². The molecule has 0 aromatic rings. The Morgan fingerprint density at radius 3 is 2.62 bits per heavy atom. The molecule has 4 N–H and O–H groups in total. The predicted molar refractivity (Wildman–Crippen MR) is 48.4 cm³/mol. The van der Waals surface area contributed by atoms with Crippen LogP contribution in [0.3, 0.4) is 0 Å². The fourth-order valence-corrected chi connectivity index (χ4v) is 2.24. The van der Waals surface area contributed by atoms with Crippen LogP contribution in [0.1, 0.15) is 6.92 Å². The SMILES string of the molecule is CCOC1OC(C(=O)O)[C@]2(O)C(O)C2[C@@H]1O. The van der Waals surface area contributed by atoms with Crippen molar-refractivity contribution in [3.63, 3.8) is 0 Å². The zero-order valence-electron chi connectivity index (χ0n) is 8.61. The average molecular weight is 234 g/mol. The molecule has 7 heteroatoms. The molecule has 2 fully saturated rings. The molecule has 7 nitrogen and oxygen atoms in total. The number of rotatable bonds is 3. The van der Waals surface area contributed by atoms with Gasteiger partial charge in [-0.15, -0.1) is 0 Å². The van der Waals surface area contributed by atoms with E-state index in [4.69, 9.17) is 14.6 Å². The van der Waals surface area contributed by atoms with Crippen LogP contribution in [0.15, 0.2) is 0 Å². The van der Waals surface area contributed by atoms with E-state index in [9.17, 15) is 20.1 Å². The van der Waals surface area contributed by atoms with E-state index in [-0.39, 0.29) is 6.61 Å². The molecule has 0 aromatic heterocycles. The molecule has 2 aliphatic rings. The first-order valence-electron chi connectivity index (χ1n) is 5.03. The Balaban J connectivity index is 2.20. The lowest BCUT2D eigenvalue weighted by atomic mass is 10.0. The monoisotopic (exact) mass is 234 g/mol. The molecular weight excluding hydrogens is 220 g/mol. The van der Waals surface area contributed by atoms with Gasteiger partial charge in [0, 0.05) is 6.61 Å². The molecule has 0 spiro atoms. The molecule has 1 saturated carbocycles. The number of carboxylic acids is 1. The van der Waals surface area contributed by atoms with Crippen LogP contribution in [0.25, 0.3) is 0 Å². The van der Waals surface area contributed by atoms with Gasteiger partial charge in [-0.2, -0.15) is 0 Å². The Morgan fingerprint density at radius 1 is 1.50 bits per heavy atom. The first-order chi connectivity index (χ1) is 7.44. The second kappa shape index (κ2) is 3.64. The zero-order valence-corrected chi connectivity index (χ0v) is 8.61. The number of carbonyl (C=O) groups is 1. The number of carboxylic acid groups (broad SMARTS) is 1. The normalized spacial score (nSPS) is 50.9. The van der Waals surface area contributed by atoms with Crippen molar-refractivity contribution in [1.82, 2.24) is 0 Å². The highest BCUT2D eigenvalue weighted by molar-refractivity contribution is 5.76. The van der Waals surface area contributed by atoms with Crippen molar-refractivity contribution in [2.24, 2.45) is 5.92 Å². The van der Waals surface area contributed by atoms with Gasteiger partial charge in [-0.05, 0) is 6.92 Å². The maximum absolute atomic E-state index is 10.9. The van der Waals surface area contributed by atoms with Crippen LogP contribution in [-0.4, -0.2) is 63.2 Å². The lowest BCUT2D eigenvalue weighted by Gasteiger charge is -2.33. The summed E-state index contributed by atoms with van der Waals surface area (Å²) in [5.74, 6) is -2.32. The molecule has 16 heavy (non-hydrogen) atoms. The Morgan fingerprint density at radius 2 is 2.12 bits per heavy atom. The minimum absolute atomic E-state index is 0.231. The number of hydrogen-bond donors (Lipinski definition) is 4. The third kappa shape index (κ3) is 1.36. The Hall–Kier alpha value is -0.730. The van der Waals surface area contributed by atoms with Crippen molar-refractivity contribution < 1.29 is 34.7 Å². The second-order valence-corrected chi connectivity index (χ2v) is 4.03. The number of ether oxygens (including phenoxy) is 2. The van der Waals surface area contributed by atoms with E-state index in [1.54, 1.807) is 6.92 Å². The molecule has 1 heterocycles. The quantitative estimate of drug-likeness (QED) is 0.442. The summed E-state index contributed by atoms with van der Waals surface area (Å²) in [6.45, 7) is 1.89. The summed E-state index contributed by atoms with van der Waals surface area (Å²) in [6.07, 6.45) is -5.23. The van der Waals surface area contributed by atoms with E-state index in [0.29, 0.717) is 0 Å². The Bertz CT molecular complexity index is 306. The Labute approximate surface area is 91.2 Å². The molecule has 1 aliphatic carbocycles. The summed E-state index contributed by atoms with van der Waals surface area (Å²) in [5, 5.41) is 37.8. The minimum atomic E-state index is -1.90. The summed E-state index contributed by atoms with van der Waals surface area (Å²) < 4.78 is 9.95. The molecule has 0 amide bonds. The van der Waals surface area contributed by atoms with Crippen molar-refractivity contribution in [3.8, 4) is 0 Å². The topological polar surface area (TPSA) is 116 Å². The van der Waals surface area contributed by atoms with Crippen LogP contribution in [0.5, 0.6) is 0 Å². The lowest BCUT2D eigenvalue weighted by molar-refractivity contribution is -0.266. The molecule has 1 aliphatic heterocycles. The summed E-state index contributed by atoms with van der Waals surface area (Å²) in [7, 11) is 0. The number of hydrogen-bond acceptors (Lipinski definition) is 6. The van der Waals surface area contributed by atoms with Gasteiger partial charge >= 0.3 is 5.97 Å². The van der Waals surface area contributed by atoms with Gasteiger partial charge in [0.2, 0.25) is 0 Å². The number of aliphatic hydroxyl groups is 3. The van der Waals surface area contributed by atoms with Gasteiger partial charge in [-0.3, -0.25) is 0 Å². The molecule has 92 valence electrons. The van der Waals surface area contributed by atoms with E-state index in [1.165, 1.54) is 0 Å². The highest BCUT2D eigenvalue weighted by Gasteiger charge is 2.77. The highest BCUT2D eigenvalue weighted by Crippen LogP contribution is 2.54. The molecule has 0 bridgehead atoms. The molecule has 0 aromatic carbocycles. The maximum Gasteiger partial charge on any atom is 0.336 e. The van der Waals surface area contributed by atoms with Gasteiger partial charge in [0.1, 0.15) is 11.7 Å². The van der Waals surface area contributed by atoms with Gasteiger partial charge in [0.05, 0.1) is 12.0 Å². The predicted octanol–water partition coefficient (Wildman–Crippen LogP) is -2.08. The molecule has 0 radical (unpaired) electrons. The molecule has 6 atom stereocenters. The van der Waals surface area contributed by atoms with Crippen molar-refractivity contribution >= 4 is 5.97 Å². The van der Waals surface area contributed by atoms with Crippen molar-refractivity contribution in [2.45, 2.75) is 37.1 Å². The van der Waals surface area contributed by atoms with Crippen LogP contribution < -0.4 is 0 Å². The molecule has 1 saturated heterocycles. The first kappa shape index (κ1) is 11.7. The number of fused-ring (bicyclic) bond motifs is 1. The first-order valence-corrected chi connectivity index (χ1v) is 5.03. The van der Waals surface area contributed by atoms with Crippen molar-refractivity contribution in [3.05, 3.63) is 0 Å². The standard InChI is InChI=1S/C9H14O7/c1-2-15-8-4(10)3-5(11)9(3,14)6(16-8)7(12)13/h3-6,8,10-11,14H,2H2,1H3,(H,12,13)/t3?,4-,5?,6?,8?,9+/m0/s1. The van der Waals surface area contributed by atoms with E-state index in [0.717, 1.165) is 0 Å². The van der Waals surface area contributed by atoms with E-state index in [1.807, 2.05) is 0 Å². The van der Waals surface area contributed by atoms with E-state index >= 15 is 0 Å². The largest absolute Gasteiger partial charge is 0.479 e. The third-order valence-corrected chi connectivity index (χ3v) is 3.13. The van der Waals surface area contributed by atoms with Crippen LogP contribution in [0, 0.1) is 5.92 Å². The summed E-state index contributed by atoms with van der Waals surface area (Å²) in [4.78, 5) is 10.9. The summed E-state index contributed by atoms with van der Waals surface area (Å²) in [6, 6.07) is 0. The number of aliphatic hydroxyl groups excluding tert-OH is 2. The van der Waals surface area contributed by atoms with Gasteiger partial charge in [-0.1, -0.05) is 0 Å². The maximum atomic E-state index is 10.9. The van der Waals surface area contributed by atoms with Crippen molar-refractivity contribution in [1.29, 1.82) is 0 Å². The van der Waals surface area contributed by atoms with Crippen LogP contribution in [0.4, 0.5) is 0 Å². The van der Waals surface area contributed by atoms with Crippen molar-refractivity contribution in [2.75, 3.05) is 6.61 Å². The lowest BCUT2D eigenvalue weighted by Crippen LogP contribution is -2.53. The highest BCUT2D eigenvalue weighted by atomic mass is 16.7. The summed E-state index contributed by atoms with van der Waals surface area (Å²) >= 11 is 0. The Kier molecular flexibility index (Phi) is 2.67. The van der Waals surface area contributed by atoms with Crippen LogP contribution in [-0.2, 0) is 14.3 Å². The van der Waals surface area contributed by atoms with Crippen LogP contribution >= 0.6 is 0 Å². The van der Waals surface area contributed by atoms with E-state index in [2.05, 4.69) is 0 Å². The number of aliphatic carboxylic acids is 1. The third-order valence-electron chi connectivity index (χ3n) is 3.13. The smallest absolute Gasteiger partial charge is 0.336 e. The fourth-order valence-electron chi connectivity index (χ4n) is 2.24. The van der Waals surface area contributed by atoms with Crippen LogP contribution in [0.2, 0.25) is 0 Å². The average Bonchev–Trinajstić information content (AvgIpc) is 2.75. The van der Waals surface area contributed by atoms with Gasteiger partial charge in [-0.25, -0.2) is 4.79 Å². The zero-order chi connectivity index (χ0) is 12.1. The molecule has 2 rings (SSSR count).